The highest BCUT2D eigenvalue weighted by atomic mass is 31.2. The molecule has 19 heavy (non-hydrogen) atoms. The van der Waals surface area contributed by atoms with Crippen molar-refractivity contribution in [3.05, 3.63) is 29.1 Å². The van der Waals surface area contributed by atoms with E-state index in [1.54, 1.807) is 0 Å². The van der Waals surface area contributed by atoms with Gasteiger partial charge in [0.1, 0.15) is 6.04 Å². The molecule has 1 rings (SSSR count). The molecule has 6 N–H and O–H groups in total. The van der Waals surface area contributed by atoms with Crippen LogP contribution in [0.3, 0.4) is 0 Å². The predicted octanol–water partition coefficient (Wildman–Crippen LogP) is 0.163. The summed E-state index contributed by atoms with van der Waals surface area (Å²) in [6.07, 6.45) is -1.06. The summed E-state index contributed by atoms with van der Waals surface area (Å²) in [7, 11) is -4.39. The van der Waals surface area contributed by atoms with Gasteiger partial charge < -0.3 is 25.7 Å². The number of phenolic OH excluding ortho intramolecular Hbond substituents is 1. The Kier molecular flexibility index (Phi) is 4.65. The summed E-state index contributed by atoms with van der Waals surface area (Å²) >= 11 is 0. The third-order valence-corrected chi connectivity index (χ3v) is 3.12. The smallest absolute Gasteiger partial charge is 0.329 e. The summed E-state index contributed by atoms with van der Waals surface area (Å²) in [5.41, 5.74) is 5.10. The summed E-state index contributed by atoms with van der Waals surface area (Å²) in [6, 6.07) is 0.556. The highest BCUT2D eigenvalue weighted by molar-refractivity contribution is 7.50. The van der Waals surface area contributed by atoms with Gasteiger partial charge in [-0.1, -0.05) is 6.07 Å². The lowest BCUT2D eigenvalue weighted by atomic mass is 10.0. The molecule has 0 aliphatic carbocycles. The summed E-state index contributed by atoms with van der Waals surface area (Å²) in [6.45, 7) is 0. The molecule has 0 fully saturated rings. The van der Waals surface area contributed by atoms with Crippen molar-refractivity contribution in [3.8, 4) is 5.75 Å². The number of aromatic hydroxyl groups is 1. The topological polar surface area (TPSA) is 141 Å². The minimum Gasteiger partial charge on any atom is -0.505 e. The van der Waals surface area contributed by atoms with E-state index in [-0.39, 0.29) is 17.5 Å². The van der Waals surface area contributed by atoms with Crippen LogP contribution in [0, 0.1) is 5.82 Å². The van der Waals surface area contributed by atoms with Gasteiger partial charge in [0.2, 0.25) is 0 Å². The van der Waals surface area contributed by atoms with Crippen molar-refractivity contribution in [2.45, 2.75) is 18.6 Å². The molecule has 0 heterocycles. The number of hydrogen-bond donors (Lipinski definition) is 5. The number of phenols is 1. The van der Waals surface area contributed by atoms with Gasteiger partial charge in [0.05, 0.1) is 6.16 Å². The standard InChI is InChI=1S/C10H13FNO6P/c11-7-2-5(4-19(16,17)18)1-6(9(7)13)3-8(12)10(14)15/h1-2,8,13H,3-4,12H2,(H,14,15)(H2,16,17,18)/t8-/m0/s1. The number of carboxylic acid groups (broad SMARTS) is 1. The highest BCUT2D eigenvalue weighted by Gasteiger charge is 2.20. The van der Waals surface area contributed by atoms with Crippen LogP contribution in [0.15, 0.2) is 12.1 Å². The summed E-state index contributed by atoms with van der Waals surface area (Å²) in [4.78, 5) is 28.2. The van der Waals surface area contributed by atoms with E-state index in [9.17, 15) is 18.9 Å². The maximum Gasteiger partial charge on any atom is 0.329 e. The van der Waals surface area contributed by atoms with E-state index in [1.807, 2.05) is 0 Å². The first-order chi connectivity index (χ1) is 8.60. The van der Waals surface area contributed by atoms with Gasteiger partial charge in [-0.05, 0) is 17.2 Å². The fourth-order valence-electron chi connectivity index (χ4n) is 1.53. The van der Waals surface area contributed by atoms with Crippen LogP contribution >= 0.6 is 7.60 Å². The normalized spacial score (nSPS) is 13.3. The van der Waals surface area contributed by atoms with Crippen LogP contribution in [0.2, 0.25) is 0 Å². The Morgan fingerprint density at radius 2 is 2.00 bits per heavy atom. The molecular formula is C10H13FNO6P. The largest absolute Gasteiger partial charge is 0.505 e. The van der Waals surface area contributed by atoms with Crippen molar-refractivity contribution in [1.82, 2.24) is 0 Å². The number of aliphatic carboxylic acids is 1. The number of carboxylic acids is 1. The van der Waals surface area contributed by atoms with Crippen LogP contribution in [0.5, 0.6) is 5.75 Å². The van der Waals surface area contributed by atoms with Crippen LogP contribution in [0.1, 0.15) is 11.1 Å². The van der Waals surface area contributed by atoms with Crippen LogP contribution in [0.25, 0.3) is 0 Å². The van der Waals surface area contributed by atoms with E-state index in [0.29, 0.717) is 0 Å². The Hall–Kier alpha value is -1.47. The average Bonchev–Trinajstić information content (AvgIpc) is 2.22. The molecule has 0 aliphatic heterocycles. The van der Waals surface area contributed by atoms with E-state index in [2.05, 4.69) is 0 Å². The summed E-state index contributed by atoms with van der Waals surface area (Å²) in [5.74, 6) is -3.19. The summed E-state index contributed by atoms with van der Waals surface area (Å²) in [5, 5.41) is 18.1. The molecule has 1 atom stereocenters. The van der Waals surface area contributed by atoms with Gasteiger partial charge in [-0.15, -0.1) is 0 Å². The molecule has 0 saturated heterocycles. The van der Waals surface area contributed by atoms with E-state index in [0.717, 1.165) is 12.1 Å². The lowest BCUT2D eigenvalue weighted by molar-refractivity contribution is -0.138. The van der Waals surface area contributed by atoms with Crippen molar-refractivity contribution < 1.29 is 33.7 Å². The second kappa shape index (κ2) is 5.66. The molecule has 106 valence electrons. The molecule has 0 radical (unpaired) electrons. The first-order valence-corrected chi connectivity index (χ1v) is 6.93. The Labute approximate surface area is 107 Å². The Balaban J connectivity index is 3.10. The molecule has 0 spiro atoms. The molecule has 1 aromatic rings. The van der Waals surface area contributed by atoms with E-state index >= 15 is 0 Å². The SMILES string of the molecule is N[C@@H](Cc1cc(CP(=O)(O)O)cc(F)c1O)C(=O)O. The number of carbonyl (C=O) groups is 1. The van der Waals surface area contributed by atoms with Crippen molar-refractivity contribution in [2.75, 3.05) is 0 Å². The first-order valence-electron chi connectivity index (χ1n) is 5.13. The van der Waals surface area contributed by atoms with Gasteiger partial charge in [0.15, 0.2) is 11.6 Å². The van der Waals surface area contributed by atoms with Gasteiger partial charge in [-0.2, -0.15) is 0 Å². The van der Waals surface area contributed by atoms with Gasteiger partial charge >= 0.3 is 13.6 Å². The second-order valence-electron chi connectivity index (χ2n) is 4.06. The maximum atomic E-state index is 13.4. The van der Waals surface area contributed by atoms with Crippen molar-refractivity contribution in [1.29, 1.82) is 0 Å². The van der Waals surface area contributed by atoms with Crippen LogP contribution in [-0.4, -0.2) is 32.0 Å². The Morgan fingerprint density at radius 3 is 2.47 bits per heavy atom. The minimum atomic E-state index is -4.39. The third kappa shape index (κ3) is 4.60. The molecule has 0 unspecified atom stereocenters. The van der Waals surface area contributed by atoms with Gasteiger partial charge in [0.25, 0.3) is 0 Å². The summed E-state index contributed by atoms with van der Waals surface area (Å²) < 4.78 is 24.2. The second-order valence-corrected chi connectivity index (χ2v) is 5.70. The minimum absolute atomic E-state index is 0.0452. The molecule has 0 amide bonds. The van der Waals surface area contributed by atoms with Crippen LogP contribution in [-0.2, 0) is 21.9 Å². The molecule has 0 bridgehead atoms. The number of hydrogen-bond acceptors (Lipinski definition) is 4. The Morgan fingerprint density at radius 1 is 1.42 bits per heavy atom. The van der Waals surface area contributed by atoms with E-state index < -0.39 is 37.3 Å². The molecule has 0 aromatic heterocycles. The van der Waals surface area contributed by atoms with Gasteiger partial charge in [-0.3, -0.25) is 9.36 Å². The Bertz CT molecular complexity index is 543. The van der Waals surface area contributed by atoms with Crippen LogP contribution < -0.4 is 5.73 Å². The van der Waals surface area contributed by atoms with Crippen molar-refractivity contribution in [3.63, 3.8) is 0 Å². The van der Waals surface area contributed by atoms with E-state index in [1.165, 1.54) is 0 Å². The highest BCUT2D eigenvalue weighted by Crippen LogP contribution is 2.40. The fourth-order valence-corrected chi connectivity index (χ4v) is 2.19. The number of halogens is 1. The maximum absolute atomic E-state index is 13.4. The quantitative estimate of drug-likeness (QED) is 0.487. The number of rotatable bonds is 5. The molecular weight excluding hydrogens is 280 g/mol. The average molecular weight is 293 g/mol. The fraction of sp³-hybridized carbons (Fsp3) is 0.300. The monoisotopic (exact) mass is 293 g/mol. The van der Waals surface area contributed by atoms with Gasteiger partial charge in [0, 0.05) is 6.42 Å². The van der Waals surface area contributed by atoms with Crippen LogP contribution in [0.4, 0.5) is 4.39 Å². The third-order valence-electron chi connectivity index (χ3n) is 2.35. The first kappa shape index (κ1) is 15.6. The number of benzene rings is 1. The van der Waals surface area contributed by atoms with E-state index in [4.69, 9.17) is 20.6 Å². The van der Waals surface area contributed by atoms with Crippen molar-refractivity contribution >= 4 is 13.6 Å². The zero-order chi connectivity index (χ0) is 14.8. The lowest BCUT2D eigenvalue weighted by Gasteiger charge is -2.12. The molecule has 0 saturated carbocycles. The molecule has 9 heteroatoms. The zero-order valence-corrected chi connectivity index (χ0v) is 10.5. The zero-order valence-electron chi connectivity index (χ0n) is 9.65. The molecule has 7 nitrogen and oxygen atoms in total. The van der Waals surface area contributed by atoms with Crippen molar-refractivity contribution in [2.24, 2.45) is 5.73 Å². The molecule has 1 aromatic carbocycles. The van der Waals surface area contributed by atoms with Gasteiger partial charge in [-0.25, -0.2) is 4.39 Å². The number of nitrogens with two attached hydrogens (primary N) is 1. The lowest BCUT2D eigenvalue weighted by Crippen LogP contribution is -2.32. The predicted molar refractivity (Wildman–Crippen MR) is 63.1 cm³/mol. The molecule has 0 aliphatic rings.